The number of ether oxygens (including phenoxy) is 1. The Morgan fingerprint density at radius 2 is 1.70 bits per heavy atom. The number of alkyl carbamates (subject to hydrolysis) is 1. The number of carbonyl (C=O) groups is 2. The van der Waals surface area contributed by atoms with E-state index in [1.165, 1.54) is 0 Å². The Bertz CT molecular complexity index is 594. The van der Waals surface area contributed by atoms with E-state index in [-0.39, 0.29) is 12.3 Å². The number of rotatable bonds is 9. The molecule has 6 heteroatoms. The van der Waals surface area contributed by atoms with Crippen molar-refractivity contribution in [2.45, 2.75) is 71.6 Å². The Kier molecular flexibility index (Phi) is 8.76. The van der Waals surface area contributed by atoms with E-state index in [1.54, 1.807) is 20.8 Å². The number of carbonyl (C=O) groups excluding carboxylic acids is 1. The quantitative estimate of drug-likeness (QED) is 0.609. The van der Waals surface area contributed by atoms with E-state index in [1.807, 2.05) is 44.2 Å². The lowest BCUT2D eigenvalue weighted by atomic mass is 9.88. The molecule has 0 unspecified atom stereocenters. The highest BCUT2D eigenvalue weighted by molar-refractivity contribution is 5.70. The van der Waals surface area contributed by atoms with Gasteiger partial charge in [0.25, 0.3) is 0 Å². The molecular weight excluding hydrogens is 346 g/mol. The summed E-state index contributed by atoms with van der Waals surface area (Å²) >= 11 is 0. The zero-order chi connectivity index (χ0) is 20.6. The van der Waals surface area contributed by atoms with Gasteiger partial charge in [0.2, 0.25) is 0 Å². The van der Waals surface area contributed by atoms with Gasteiger partial charge in [0.05, 0.1) is 18.1 Å². The fraction of sp³-hybridized carbons (Fsp3) is 0.619. The molecule has 27 heavy (non-hydrogen) atoms. The number of benzene rings is 1. The SMILES string of the molecule is CC(C)C[C@H](C[C@@H](O)[C@H](Cc1ccccc1)NC(=O)OC(C)(C)C)C(=O)O. The van der Waals surface area contributed by atoms with Crippen LogP contribution in [0, 0.1) is 11.8 Å². The van der Waals surface area contributed by atoms with Crippen LogP contribution >= 0.6 is 0 Å². The molecular formula is C21H33NO5. The first-order valence-electron chi connectivity index (χ1n) is 9.42. The highest BCUT2D eigenvalue weighted by Gasteiger charge is 2.30. The molecule has 1 amide bonds. The van der Waals surface area contributed by atoms with E-state index >= 15 is 0 Å². The van der Waals surface area contributed by atoms with Crippen molar-refractivity contribution in [3.8, 4) is 0 Å². The molecule has 0 bridgehead atoms. The van der Waals surface area contributed by atoms with Crippen LogP contribution in [-0.2, 0) is 16.0 Å². The van der Waals surface area contributed by atoms with Gasteiger partial charge in [-0.1, -0.05) is 44.2 Å². The van der Waals surface area contributed by atoms with E-state index in [2.05, 4.69) is 5.32 Å². The minimum absolute atomic E-state index is 0.0702. The second-order valence-corrected chi connectivity index (χ2v) is 8.41. The maximum absolute atomic E-state index is 12.2. The van der Waals surface area contributed by atoms with Crippen molar-refractivity contribution in [3.63, 3.8) is 0 Å². The Hall–Kier alpha value is -2.08. The summed E-state index contributed by atoms with van der Waals surface area (Å²) in [4.78, 5) is 23.7. The van der Waals surface area contributed by atoms with Crippen molar-refractivity contribution in [2.75, 3.05) is 0 Å². The van der Waals surface area contributed by atoms with Gasteiger partial charge in [0, 0.05) is 0 Å². The van der Waals surface area contributed by atoms with E-state index in [0.29, 0.717) is 12.8 Å². The van der Waals surface area contributed by atoms with Gasteiger partial charge in [-0.2, -0.15) is 0 Å². The van der Waals surface area contributed by atoms with Gasteiger partial charge in [-0.3, -0.25) is 4.79 Å². The molecule has 0 radical (unpaired) electrons. The minimum atomic E-state index is -1.00. The van der Waals surface area contributed by atoms with Crippen LogP contribution in [0.2, 0.25) is 0 Å². The molecule has 3 N–H and O–H groups in total. The molecule has 6 nitrogen and oxygen atoms in total. The van der Waals surface area contributed by atoms with E-state index in [9.17, 15) is 19.8 Å². The summed E-state index contributed by atoms with van der Waals surface area (Å²) in [5, 5.41) is 22.9. The average molecular weight is 379 g/mol. The molecule has 3 atom stereocenters. The van der Waals surface area contributed by atoms with Gasteiger partial charge in [-0.15, -0.1) is 0 Å². The van der Waals surface area contributed by atoms with Crippen molar-refractivity contribution in [2.24, 2.45) is 11.8 Å². The first-order chi connectivity index (χ1) is 12.5. The summed E-state index contributed by atoms with van der Waals surface area (Å²) in [5.41, 5.74) is 0.279. The van der Waals surface area contributed by atoms with Crippen LogP contribution < -0.4 is 5.32 Å². The summed E-state index contributed by atoms with van der Waals surface area (Å²) in [5.74, 6) is -1.40. The van der Waals surface area contributed by atoms with Crippen LogP contribution in [0.5, 0.6) is 0 Å². The lowest BCUT2D eigenvalue weighted by Gasteiger charge is -2.28. The smallest absolute Gasteiger partial charge is 0.407 e. The molecule has 0 fully saturated rings. The van der Waals surface area contributed by atoms with Crippen LogP contribution in [0.15, 0.2) is 30.3 Å². The van der Waals surface area contributed by atoms with E-state index < -0.39 is 35.7 Å². The van der Waals surface area contributed by atoms with Crippen molar-refractivity contribution < 1.29 is 24.5 Å². The van der Waals surface area contributed by atoms with Gasteiger partial charge in [0.1, 0.15) is 5.60 Å². The van der Waals surface area contributed by atoms with Gasteiger partial charge >= 0.3 is 12.1 Å². The zero-order valence-corrected chi connectivity index (χ0v) is 16.9. The molecule has 0 saturated heterocycles. The molecule has 1 rings (SSSR count). The van der Waals surface area contributed by atoms with Crippen molar-refractivity contribution in [3.05, 3.63) is 35.9 Å². The molecule has 0 aliphatic rings. The third-order valence-corrected chi connectivity index (χ3v) is 4.10. The fourth-order valence-electron chi connectivity index (χ4n) is 2.93. The van der Waals surface area contributed by atoms with Crippen LogP contribution in [-0.4, -0.2) is 40.0 Å². The van der Waals surface area contributed by atoms with Crippen molar-refractivity contribution in [1.29, 1.82) is 0 Å². The summed E-state index contributed by atoms with van der Waals surface area (Å²) < 4.78 is 5.30. The monoisotopic (exact) mass is 379 g/mol. The first kappa shape index (κ1) is 23.0. The van der Waals surface area contributed by atoms with Crippen LogP contribution in [0.4, 0.5) is 4.79 Å². The minimum Gasteiger partial charge on any atom is -0.481 e. The maximum atomic E-state index is 12.2. The van der Waals surface area contributed by atoms with Gasteiger partial charge in [-0.05, 0) is 51.5 Å². The van der Waals surface area contributed by atoms with Crippen molar-refractivity contribution in [1.82, 2.24) is 5.32 Å². The maximum Gasteiger partial charge on any atom is 0.407 e. The Morgan fingerprint density at radius 3 is 2.19 bits per heavy atom. The van der Waals surface area contributed by atoms with Gasteiger partial charge in [-0.25, -0.2) is 4.79 Å². The number of carboxylic acid groups (broad SMARTS) is 1. The summed E-state index contributed by atoms with van der Waals surface area (Å²) in [6.07, 6.45) is -0.705. The number of carboxylic acids is 1. The zero-order valence-electron chi connectivity index (χ0n) is 16.9. The molecule has 1 aromatic carbocycles. The Morgan fingerprint density at radius 1 is 1.11 bits per heavy atom. The number of aliphatic hydroxyl groups excluding tert-OH is 1. The Labute approximate surface area is 161 Å². The highest BCUT2D eigenvalue weighted by atomic mass is 16.6. The number of nitrogens with one attached hydrogen (secondary N) is 1. The molecule has 0 heterocycles. The molecule has 0 spiro atoms. The summed E-state index contributed by atoms with van der Waals surface area (Å²) in [6, 6.07) is 8.81. The third kappa shape index (κ3) is 9.43. The van der Waals surface area contributed by atoms with Crippen LogP contribution in [0.25, 0.3) is 0 Å². The number of hydrogen-bond donors (Lipinski definition) is 3. The second kappa shape index (κ2) is 10.3. The molecule has 1 aromatic rings. The number of aliphatic carboxylic acids is 1. The van der Waals surface area contributed by atoms with Gasteiger partial charge < -0.3 is 20.3 Å². The lowest BCUT2D eigenvalue weighted by molar-refractivity contribution is -0.143. The standard InChI is InChI=1S/C21H33NO5/c1-14(2)11-16(19(24)25)13-18(23)17(12-15-9-7-6-8-10-15)22-20(26)27-21(3,4)5/h6-10,14,16-18,23H,11-13H2,1-5H3,(H,22,26)(H,24,25)/t16-,17+,18-/m1/s1. The molecule has 0 aromatic heterocycles. The van der Waals surface area contributed by atoms with Gasteiger partial charge in [0.15, 0.2) is 0 Å². The van der Waals surface area contributed by atoms with Crippen LogP contribution in [0.3, 0.4) is 0 Å². The van der Waals surface area contributed by atoms with Crippen LogP contribution in [0.1, 0.15) is 53.0 Å². The fourth-order valence-corrected chi connectivity index (χ4v) is 2.93. The number of hydrogen-bond acceptors (Lipinski definition) is 4. The first-order valence-corrected chi connectivity index (χ1v) is 9.42. The highest BCUT2D eigenvalue weighted by Crippen LogP contribution is 2.21. The molecule has 0 aliphatic heterocycles. The summed E-state index contributed by atoms with van der Waals surface area (Å²) in [6.45, 7) is 9.18. The molecule has 0 saturated carbocycles. The van der Waals surface area contributed by atoms with E-state index in [0.717, 1.165) is 5.56 Å². The number of amides is 1. The van der Waals surface area contributed by atoms with E-state index in [4.69, 9.17) is 4.74 Å². The topological polar surface area (TPSA) is 95.9 Å². The summed E-state index contributed by atoms with van der Waals surface area (Å²) in [7, 11) is 0. The Balaban J connectivity index is 2.90. The average Bonchev–Trinajstić information content (AvgIpc) is 2.52. The predicted octanol–water partition coefficient (Wildman–Crippen LogP) is 3.62. The predicted molar refractivity (Wildman–Crippen MR) is 105 cm³/mol. The second-order valence-electron chi connectivity index (χ2n) is 8.41. The molecule has 152 valence electrons. The van der Waals surface area contributed by atoms with Crippen molar-refractivity contribution >= 4 is 12.1 Å². The lowest BCUT2D eigenvalue weighted by Crippen LogP contribution is -2.47. The molecule has 0 aliphatic carbocycles. The normalized spacial score (nSPS) is 15.1. The third-order valence-electron chi connectivity index (χ3n) is 4.10. The largest absolute Gasteiger partial charge is 0.481 e. The number of aliphatic hydroxyl groups is 1.